The van der Waals surface area contributed by atoms with E-state index in [-0.39, 0.29) is 0 Å². The van der Waals surface area contributed by atoms with Crippen LogP contribution in [0.2, 0.25) is 0 Å². The van der Waals surface area contributed by atoms with Gasteiger partial charge in [-0.25, -0.2) is 0 Å². The van der Waals surface area contributed by atoms with Crippen LogP contribution in [0.25, 0.3) is 0 Å². The van der Waals surface area contributed by atoms with E-state index < -0.39 is 0 Å². The lowest BCUT2D eigenvalue weighted by atomic mass is 10.4. The second-order valence-electron chi connectivity index (χ2n) is 1.40. The van der Waals surface area contributed by atoms with Crippen molar-refractivity contribution in [2.45, 2.75) is 6.42 Å². The van der Waals surface area contributed by atoms with Crippen molar-refractivity contribution in [2.75, 3.05) is 13.3 Å². The lowest BCUT2D eigenvalue weighted by Gasteiger charge is -1.94. The van der Waals surface area contributed by atoms with Crippen LogP contribution >= 0.6 is 0 Å². The molecule has 0 amide bonds. The van der Waals surface area contributed by atoms with E-state index in [1.54, 1.807) is 0 Å². The third-order valence-electron chi connectivity index (χ3n) is 0.806. The molecule has 1 radical (unpaired) electrons. The summed E-state index contributed by atoms with van der Waals surface area (Å²) in [6.45, 7) is 1.61. The Morgan fingerprint density at radius 3 is 3.71 bits per heavy atom. The predicted molar refractivity (Wildman–Crippen MR) is 26.4 cm³/mol. The number of hydrogen-bond acceptors (Lipinski definition) is 2. The largest absolute Gasteiger partial charge is 0.475 e. The molecule has 7 heavy (non-hydrogen) atoms. The monoisotopic (exact) mass is 98.1 g/mol. The first-order chi connectivity index (χ1) is 3.50. The van der Waals surface area contributed by atoms with E-state index in [0.29, 0.717) is 6.73 Å². The number of nitrogens with one attached hydrogen (secondary N) is 1. The van der Waals surface area contributed by atoms with Gasteiger partial charge in [-0.2, -0.15) is 0 Å². The van der Waals surface area contributed by atoms with Crippen molar-refractivity contribution in [3.8, 4) is 0 Å². The van der Waals surface area contributed by atoms with Crippen LogP contribution < -0.4 is 5.32 Å². The Morgan fingerprint density at radius 2 is 2.71 bits per heavy atom. The van der Waals surface area contributed by atoms with Crippen molar-refractivity contribution in [3.05, 3.63) is 12.3 Å². The van der Waals surface area contributed by atoms with Crippen LogP contribution in [0.3, 0.4) is 0 Å². The summed E-state index contributed by atoms with van der Waals surface area (Å²) >= 11 is 0. The van der Waals surface area contributed by atoms with Gasteiger partial charge in [-0.15, -0.1) is 0 Å². The molecule has 2 nitrogen and oxygen atoms in total. The van der Waals surface area contributed by atoms with Gasteiger partial charge in [0.25, 0.3) is 0 Å². The van der Waals surface area contributed by atoms with Crippen LogP contribution in [0, 0.1) is 6.26 Å². The van der Waals surface area contributed by atoms with E-state index >= 15 is 0 Å². The molecule has 1 aliphatic heterocycles. The Labute approximate surface area is 43.2 Å². The molecular weight excluding hydrogens is 90.1 g/mol. The SMILES string of the molecule is [C]1=CCCNCO1. The van der Waals surface area contributed by atoms with Crippen LogP contribution in [0.5, 0.6) is 0 Å². The molecule has 1 N–H and O–H groups in total. The van der Waals surface area contributed by atoms with Gasteiger partial charge in [-0.1, -0.05) is 0 Å². The summed E-state index contributed by atoms with van der Waals surface area (Å²) in [7, 11) is 0. The van der Waals surface area contributed by atoms with Crippen LogP contribution in [0.1, 0.15) is 6.42 Å². The lowest BCUT2D eigenvalue weighted by molar-refractivity contribution is 0.211. The molecular formula is C5H8NO. The molecule has 0 saturated carbocycles. The number of hydrogen-bond donors (Lipinski definition) is 1. The highest BCUT2D eigenvalue weighted by Crippen LogP contribution is 1.84. The van der Waals surface area contributed by atoms with E-state index in [9.17, 15) is 0 Å². The van der Waals surface area contributed by atoms with Crippen LogP contribution in [-0.2, 0) is 4.74 Å². The average molecular weight is 98.1 g/mol. The maximum absolute atomic E-state index is 4.78. The van der Waals surface area contributed by atoms with E-state index in [1.807, 2.05) is 6.08 Å². The Balaban J connectivity index is 2.20. The molecule has 0 aromatic carbocycles. The smallest absolute Gasteiger partial charge is 0.159 e. The zero-order valence-electron chi connectivity index (χ0n) is 4.11. The summed E-state index contributed by atoms with van der Waals surface area (Å²) in [5.74, 6) is 0. The molecule has 1 aliphatic rings. The van der Waals surface area contributed by atoms with E-state index in [2.05, 4.69) is 11.6 Å². The summed E-state index contributed by atoms with van der Waals surface area (Å²) in [5.41, 5.74) is 0. The number of rotatable bonds is 0. The molecule has 39 valence electrons. The standard InChI is InChI=1S/C5H8NO/c1-2-4-7-5-6-3-1/h2,6H,1,3,5H2. The molecule has 0 unspecified atom stereocenters. The minimum Gasteiger partial charge on any atom is -0.475 e. The molecule has 0 aromatic heterocycles. The first kappa shape index (κ1) is 4.65. The molecule has 0 saturated heterocycles. The highest BCUT2D eigenvalue weighted by molar-refractivity contribution is 4.70. The Hall–Kier alpha value is -0.500. The first-order valence-corrected chi connectivity index (χ1v) is 2.40. The molecule has 1 rings (SSSR count). The minimum absolute atomic E-state index is 0.608. The molecule has 0 fully saturated rings. The van der Waals surface area contributed by atoms with Gasteiger partial charge in [0, 0.05) is 6.54 Å². The minimum atomic E-state index is 0.608. The highest BCUT2D eigenvalue weighted by Gasteiger charge is 1.86. The zero-order chi connectivity index (χ0) is 4.95. The van der Waals surface area contributed by atoms with Crippen LogP contribution in [-0.4, -0.2) is 13.3 Å². The molecule has 0 aromatic rings. The van der Waals surface area contributed by atoms with E-state index in [0.717, 1.165) is 13.0 Å². The quantitative estimate of drug-likeness (QED) is 0.469. The summed E-state index contributed by atoms with van der Waals surface area (Å²) < 4.78 is 4.78. The van der Waals surface area contributed by atoms with E-state index in [1.165, 1.54) is 0 Å². The topological polar surface area (TPSA) is 21.3 Å². The summed E-state index contributed by atoms with van der Waals surface area (Å²) in [4.78, 5) is 0. The van der Waals surface area contributed by atoms with Crippen molar-refractivity contribution in [1.82, 2.24) is 5.32 Å². The fraction of sp³-hybridized carbons (Fsp3) is 0.600. The molecule has 0 bridgehead atoms. The van der Waals surface area contributed by atoms with Gasteiger partial charge in [0.05, 0.1) is 0 Å². The third-order valence-corrected chi connectivity index (χ3v) is 0.806. The van der Waals surface area contributed by atoms with Crippen molar-refractivity contribution in [2.24, 2.45) is 0 Å². The average Bonchev–Trinajstić information content (AvgIpc) is 1.90. The second kappa shape index (κ2) is 2.64. The zero-order valence-corrected chi connectivity index (χ0v) is 4.11. The van der Waals surface area contributed by atoms with Crippen molar-refractivity contribution < 1.29 is 4.74 Å². The molecule has 2 heteroatoms. The first-order valence-electron chi connectivity index (χ1n) is 2.40. The molecule has 0 spiro atoms. The van der Waals surface area contributed by atoms with Gasteiger partial charge in [-0.3, -0.25) is 5.32 Å². The van der Waals surface area contributed by atoms with Crippen molar-refractivity contribution in [1.29, 1.82) is 0 Å². The maximum Gasteiger partial charge on any atom is 0.159 e. The second-order valence-corrected chi connectivity index (χ2v) is 1.40. The lowest BCUT2D eigenvalue weighted by Crippen LogP contribution is -2.14. The molecule has 1 heterocycles. The highest BCUT2D eigenvalue weighted by atomic mass is 16.5. The fourth-order valence-electron chi connectivity index (χ4n) is 0.457. The predicted octanol–water partition coefficient (Wildman–Crippen LogP) is 0.271. The number of ether oxygens (including phenoxy) is 1. The summed E-state index contributed by atoms with van der Waals surface area (Å²) in [6.07, 6.45) is 5.58. The van der Waals surface area contributed by atoms with Gasteiger partial charge in [0.2, 0.25) is 0 Å². The molecule has 0 atom stereocenters. The normalized spacial score (nSPS) is 20.6. The van der Waals surface area contributed by atoms with Gasteiger partial charge in [0.15, 0.2) is 6.26 Å². The Kier molecular flexibility index (Phi) is 1.75. The summed E-state index contributed by atoms with van der Waals surface area (Å²) in [5, 5.41) is 3.03. The third kappa shape index (κ3) is 1.59. The molecule has 0 aliphatic carbocycles. The van der Waals surface area contributed by atoms with E-state index in [4.69, 9.17) is 4.74 Å². The van der Waals surface area contributed by atoms with Gasteiger partial charge >= 0.3 is 0 Å². The van der Waals surface area contributed by atoms with Gasteiger partial charge in [0.1, 0.15) is 6.73 Å². The van der Waals surface area contributed by atoms with Gasteiger partial charge in [-0.05, 0) is 12.5 Å². The fourth-order valence-corrected chi connectivity index (χ4v) is 0.457. The van der Waals surface area contributed by atoms with Crippen molar-refractivity contribution in [3.63, 3.8) is 0 Å². The Morgan fingerprint density at radius 1 is 1.71 bits per heavy atom. The van der Waals surface area contributed by atoms with Gasteiger partial charge < -0.3 is 4.74 Å². The van der Waals surface area contributed by atoms with Crippen LogP contribution in [0.15, 0.2) is 6.08 Å². The maximum atomic E-state index is 4.78. The van der Waals surface area contributed by atoms with Crippen molar-refractivity contribution >= 4 is 0 Å². The Bertz CT molecular complexity index is 62.5. The van der Waals surface area contributed by atoms with Crippen LogP contribution in [0.4, 0.5) is 0 Å². The summed E-state index contributed by atoms with van der Waals surface area (Å²) in [6, 6.07) is 0.